The third kappa shape index (κ3) is 3.29. The van der Waals surface area contributed by atoms with Gasteiger partial charge in [-0.25, -0.2) is 0 Å². The number of hydrogen-bond donors (Lipinski definition) is 1. The van der Waals surface area contributed by atoms with E-state index in [2.05, 4.69) is 21.2 Å². The number of hydrogen-bond acceptors (Lipinski definition) is 2. The third-order valence-electron chi connectivity index (χ3n) is 3.56. The van der Waals surface area contributed by atoms with E-state index in [1.54, 1.807) is 11.8 Å². The molecular weight excluding hydrogens is 310 g/mol. The van der Waals surface area contributed by atoms with Crippen molar-refractivity contribution in [1.29, 1.82) is 0 Å². The molecular formula is C14H18BrNOS. The van der Waals surface area contributed by atoms with E-state index in [4.69, 9.17) is 0 Å². The van der Waals surface area contributed by atoms with Crippen molar-refractivity contribution in [2.75, 3.05) is 18.1 Å². The van der Waals surface area contributed by atoms with Crippen LogP contribution in [0.4, 0.5) is 0 Å². The molecule has 2 nitrogen and oxygen atoms in total. The molecule has 0 heterocycles. The minimum absolute atomic E-state index is 0.0563. The zero-order valence-corrected chi connectivity index (χ0v) is 12.9. The van der Waals surface area contributed by atoms with Crippen molar-refractivity contribution in [1.82, 2.24) is 5.32 Å². The Kier molecular flexibility index (Phi) is 4.73. The van der Waals surface area contributed by atoms with Gasteiger partial charge >= 0.3 is 0 Å². The molecule has 0 bridgehead atoms. The maximum Gasteiger partial charge on any atom is 0.252 e. The van der Waals surface area contributed by atoms with Crippen molar-refractivity contribution in [2.24, 2.45) is 5.41 Å². The van der Waals surface area contributed by atoms with Crippen molar-refractivity contribution >= 4 is 33.6 Å². The normalized spacial score (nSPS) is 16.3. The molecule has 18 heavy (non-hydrogen) atoms. The van der Waals surface area contributed by atoms with Crippen LogP contribution in [0.25, 0.3) is 0 Å². The van der Waals surface area contributed by atoms with Crippen molar-refractivity contribution in [3.8, 4) is 0 Å². The second-order valence-corrected chi connectivity index (χ2v) is 6.46. The molecule has 0 spiro atoms. The molecule has 0 aliphatic heterocycles. The van der Waals surface area contributed by atoms with E-state index in [9.17, 15) is 4.79 Å². The fraction of sp³-hybridized carbons (Fsp3) is 0.500. The Labute approximate surface area is 121 Å². The Bertz CT molecular complexity index is 432. The molecule has 4 heteroatoms. The summed E-state index contributed by atoms with van der Waals surface area (Å²) >= 11 is 5.10. The zero-order valence-electron chi connectivity index (χ0n) is 10.5. The lowest BCUT2D eigenvalue weighted by Crippen LogP contribution is -2.30. The highest BCUT2D eigenvalue weighted by Gasteiger charge is 2.41. The van der Waals surface area contributed by atoms with E-state index in [1.807, 2.05) is 30.5 Å². The number of nitrogens with one attached hydrogen (secondary N) is 1. The van der Waals surface area contributed by atoms with Crippen LogP contribution in [0, 0.1) is 5.41 Å². The van der Waals surface area contributed by atoms with Gasteiger partial charge in [0.2, 0.25) is 0 Å². The number of benzene rings is 1. The van der Waals surface area contributed by atoms with Crippen molar-refractivity contribution in [2.45, 2.75) is 24.2 Å². The van der Waals surface area contributed by atoms with Gasteiger partial charge in [-0.05, 0) is 43.1 Å². The molecule has 0 saturated heterocycles. The second kappa shape index (κ2) is 6.11. The van der Waals surface area contributed by atoms with E-state index in [1.165, 1.54) is 12.8 Å². The highest BCUT2D eigenvalue weighted by molar-refractivity contribution is 9.09. The predicted octanol–water partition coefficient (Wildman–Crippen LogP) is 3.70. The fourth-order valence-corrected chi connectivity index (χ4v) is 3.52. The van der Waals surface area contributed by atoms with Gasteiger partial charge in [-0.3, -0.25) is 4.79 Å². The lowest BCUT2D eigenvalue weighted by atomic mass is 10.0. The first-order valence-corrected chi connectivity index (χ1v) is 8.53. The summed E-state index contributed by atoms with van der Waals surface area (Å²) < 4.78 is 0. The summed E-state index contributed by atoms with van der Waals surface area (Å²) in [5.41, 5.74) is 1.16. The molecule has 1 aliphatic carbocycles. The van der Waals surface area contributed by atoms with Gasteiger partial charge in [0.1, 0.15) is 0 Å². The fourth-order valence-electron chi connectivity index (χ4n) is 2.09. The molecule has 2 rings (SSSR count). The summed E-state index contributed by atoms with van der Waals surface area (Å²) in [5.74, 6) is 0.0563. The van der Waals surface area contributed by atoms with Gasteiger partial charge in [-0.2, -0.15) is 0 Å². The summed E-state index contributed by atoms with van der Waals surface area (Å²) in [4.78, 5) is 13.2. The number of carbonyl (C=O) groups is 1. The van der Waals surface area contributed by atoms with Crippen LogP contribution in [0.15, 0.2) is 29.2 Å². The van der Waals surface area contributed by atoms with E-state index < -0.39 is 0 Å². The molecule has 1 aromatic rings. The quantitative estimate of drug-likeness (QED) is 0.637. The molecule has 1 amide bonds. The van der Waals surface area contributed by atoms with Crippen LogP contribution in [-0.2, 0) is 0 Å². The lowest BCUT2D eigenvalue weighted by molar-refractivity contribution is 0.0941. The number of rotatable bonds is 6. The van der Waals surface area contributed by atoms with Crippen LogP contribution in [0.5, 0.6) is 0 Å². The molecule has 1 N–H and O–H groups in total. The standard InChI is InChI=1S/C14H18BrNOS/c1-18-12-5-3-2-4-11(12)13(17)16-10-14(6-7-14)8-9-15/h2-5H,6-10H2,1H3,(H,16,17). The first-order valence-electron chi connectivity index (χ1n) is 6.18. The van der Waals surface area contributed by atoms with Crippen molar-refractivity contribution in [3.05, 3.63) is 29.8 Å². The van der Waals surface area contributed by atoms with Crippen LogP contribution >= 0.6 is 27.7 Å². The topological polar surface area (TPSA) is 29.1 Å². The predicted molar refractivity (Wildman–Crippen MR) is 80.6 cm³/mol. The molecule has 98 valence electrons. The minimum Gasteiger partial charge on any atom is -0.351 e. The Balaban J connectivity index is 1.96. The summed E-state index contributed by atoms with van der Waals surface area (Å²) in [7, 11) is 0. The van der Waals surface area contributed by atoms with E-state index in [0.717, 1.165) is 28.8 Å². The van der Waals surface area contributed by atoms with Gasteiger partial charge in [0.05, 0.1) is 5.56 Å². The van der Waals surface area contributed by atoms with Crippen LogP contribution < -0.4 is 5.32 Å². The average molecular weight is 328 g/mol. The minimum atomic E-state index is 0.0563. The third-order valence-corrected chi connectivity index (χ3v) is 4.75. The van der Waals surface area contributed by atoms with Gasteiger partial charge in [0.25, 0.3) is 5.91 Å². The van der Waals surface area contributed by atoms with Gasteiger partial charge in [0.15, 0.2) is 0 Å². The lowest BCUT2D eigenvalue weighted by Gasteiger charge is -2.15. The number of thioether (sulfide) groups is 1. The highest BCUT2D eigenvalue weighted by atomic mass is 79.9. The van der Waals surface area contributed by atoms with Crippen LogP contribution in [0.1, 0.15) is 29.6 Å². The first-order chi connectivity index (χ1) is 8.71. The Morgan fingerprint density at radius 2 is 2.17 bits per heavy atom. The summed E-state index contributed by atoms with van der Waals surface area (Å²) in [6.07, 6.45) is 5.63. The molecule has 1 aliphatic rings. The summed E-state index contributed by atoms with van der Waals surface area (Å²) in [6.45, 7) is 0.806. The monoisotopic (exact) mass is 327 g/mol. The molecule has 1 saturated carbocycles. The zero-order chi connectivity index (χ0) is 13.0. The first kappa shape index (κ1) is 13.9. The Morgan fingerprint density at radius 3 is 2.78 bits per heavy atom. The van der Waals surface area contributed by atoms with Gasteiger partial charge in [-0.1, -0.05) is 28.1 Å². The smallest absolute Gasteiger partial charge is 0.252 e. The molecule has 0 radical (unpaired) electrons. The molecule has 0 atom stereocenters. The number of alkyl halides is 1. The van der Waals surface area contributed by atoms with Crippen molar-refractivity contribution < 1.29 is 4.79 Å². The average Bonchev–Trinajstić information content (AvgIpc) is 3.16. The summed E-state index contributed by atoms with van der Waals surface area (Å²) in [6, 6.07) is 7.77. The molecule has 0 aromatic heterocycles. The van der Waals surface area contributed by atoms with Gasteiger partial charge in [-0.15, -0.1) is 11.8 Å². The number of halogens is 1. The number of amides is 1. The largest absolute Gasteiger partial charge is 0.351 e. The molecule has 0 unspecified atom stereocenters. The molecule has 1 aromatic carbocycles. The summed E-state index contributed by atoms with van der Waals surface area (Å²) in [5, 5.41) is 4.11. The van der Waals surface area contributed by atoms with Crippen LogP contribution in [0.3, 0.4) is 0 Å². The van der Waals surface area contributed by atoms with Crippen molar-refractivity contribution in [3.63, 3.8) is 0 Å². The van der Waals surface area contributed by atoms with Crippen LogP contribution in [0.2, 0.25) is 0 Å². The second-order valence-electron chi connectivity index (χ2n) is 4.82. The Hall–Kier alpha value is -0.480. The maximum atomic E-state index is 12.2. The highest BCUT2D eigenvalue weighted by Crippen LogP contribution is 2.48. The van der Waals surface area contributed by atoms with Crippen LogP contribution in [-0.4, -0.2) is 24.0 Å². The van der Waals surface area contributed by atoms with Gasteiger partial charge < -0.3 is 5.32 Å². The maximum absolute atomic E-state index is 12.2. The van der Waals surface area contributed by atoms with E-state index in [0.29, 0.717) is 5.41 Å². The van der Waals surface area contributed by atoms with Gasteiger partial charge in [0, 0.05) is 16.8 Å². The molecule has 1 fully saturated rings. The van der Waals surface area contributed by atoms with E-state index in [-0.39, 0.29) is 5.91 Å². The number of carbonyl (C=O) groups excluding carboxylic acids is 1. The van der Waals surface area contributed by atoms with E-state index >= 15 is 0 Å². The Morgan fingerprint density at radius 1 is 1.44 bits per heavy atom. The SMILES string of the molecule is CSc1ccccc1C(=O)NCC1(CCBr)CC1.